The second kappa shape index (κ2) is 10.00. The van der Waals surface area contributed by atoms with E-state index in [1.165, 1.54) is 0 Å². The van der Waals surface area contributed by atoms with E-state index in [4.69, 9.17) is 21.3 Å². The predicted molar refractivity (Wildman–Crippen MR) is 137 cm³/mol. The number of carbonyl (C=O) groups is 1. The van der Waals surface area contributed by atoms with Gasteiger partial charge in [-0.05, 0) is 48.9 Å². The van der Waals surface area contributed by atoms with Crippen LogP contribution in [0.1, 0.15) is 27.0 Å². The van der Waals surface area contributed by atoms with E-state index in [0.717, 1.165) is 11.1 Å². The summed E-state index contributed by atoms with van der Waals surface area (Å²) in [4.78, 5) is 16.9. The van der Waals surface area contributed by atoms with Crippen molar-refractivity contribution in [3.63, 3.8) is 0 Å². The third kappa shape index (κ3) is 5.25. The van der Waals surface area contributed by atoms with E-state index in [1.807, 2.05) is 19.1 Å². The summed E-state index contributed by atoms with van der Waals surface area (Å²) in [5, 5.41) is 0.805. The number of halogens is 2. The summed E-state index contributed by atoms with van der Waals surface area (Å²) >= 11 is 9.25. The zero-order chi connectivity index (χ0) is 24.3. The number of ether oxygens (including phenoxy) is 1. The highest BCUT2D eigenvalue weighted by molar-refractivity contribution is 9.09. The molecule has 9 heteroatoms. The van der Waals surface area contributed by atoms with Crippen molar-refractivity contribution < 1.29 is 17.9 Å². The number of aliphatic imine (C=N–C) groups is 1. The van der Waals surface area contributed by atoms with Crippen LogP contribution in [0.4, 0.5) is 0 Å². The molecule has 0 aromatic heterocycles. The molecular formula is C25H22BrClN2O4S. The Kier molecular flexibility index (Phi) is 7.23. The number of nitrogens with zero attached hydrogens (tertiary/aromatic N) is 1. The molecule has 1 aliphatic rings. The van der Waals surface area contributed by atoms with Gasteiger partial charge < -0.3 is 4.74 Å². The van der Waals surface area contributed by atoms with E-state index >= 15 is 0 Å². The molecule has 3 aromatic rings. The number of Topliss-reactive ketones (excluding diaryl/α,β-unsaturated/α-hetero) is 1. The fourth-order valence-corrected chi connectivity index (χ4v) is 5.13. The molecular weight excluding hydrogens is 540 g/mol. The molecule has 1 atom stereocenters. The summed E-state index contributed by atoms with van der Waals surface area (Å²) in [7, 11) is -3.76. The molecule has 0 unspecified atom stereocenters. The van der Waals surface area contributed by atoms with E-state index in [9.17, 15) is 13.2 Å². The van der Waals surface area contributed by atoms with Gasteiger partial charge >= 0.3 is 0 Å². The fourth-order valence-electron chi connectivity index (χ4n) is 3.59. The number of alkyl halides is 1. The molecule has 176 valence electrons. The summed E-state index contributed by atoms with van der Waals surface area (Å²) in [6.45, 7) is 2.03. The monoisotopic (exact) mass is 560 g/mol. The van der Waals surface area contributed by atoms with E-state index in [2.05, 4.69) is 20.7 Å². The molecule has 1 aliphatic heterocycles. The SMILES string of the molecule is Cc1ccc(S(=O)(=O)NC[C@@]2(c3ccc(Cl)cc3)COC(c3ccc(C(=O)CBr)cc3)=N2)cc1. The van der Waals surface area contributed by atoms with Crippen LogP contribution in [0.25, 0.3) is 0 Å². The number of aryl methyl sites for hydroxylation is 1. The Bertz CT molecular complexity index is 1320. The Balaban J connectivity index is 1.66. The lowest BCUT2D eigenvalue weighted by molar-refractivity contribution is 0.102. The maximum Gasteiger partial charge on any atom is 0.240 e. The third-order valence-electron chi connectivity index (χ3n) is 5.61. The summed E-state index contributed by atoms with van der Waals surface area (Å²) in [6, 6.07) is 20.7. The molecule has 3 aromatic carbocycles. The molecule has 0 bridgehead atoms. The first-order chi connectivity index (χ1) is 16.2. The zero-order valence-corrected chi connectivity index (χ0v) is 21.5. The van der Waals surface area contributed by atoms with Gasteiger partial charge in [-0.25, -0.2) is 18.1 Å². The maximum atomic E-state index is 13.0. The lowest BCUT2D eigenvalue weighted by atomic mass is 9.92. The van der Waals surface area contributed by atoms with Gasteiger partial charge in [-0.2, -0.15) is 0 Å². The molecule has 34 heavy (non-hydrogen) atoms. The first-order valence-electron chi connectivity index (χ1n) is 10.5. The molecule has 0 aliphatic carbocycles. The average molecular weight is 562 g/mol. The summed E-state index contributed by atoms with van der Waals surface area (Å²) in [6.07, 6.45) is 0. The standard InChI is InChI=1S/C25H22BrClN2O4S/c1-17-2-12-22(13-3-17)34(31,32)28-15-25(20-8-10-21(27)11-9-20)16-33-24(29-25)19-6-4-18(5-7-19)23(30)14-26/h2-13,28H,14-16H2,1H3/t25-/m0/s1. The minimum atomic E-state index is -3.76. The number of hydrogen-bond acceptors (Lipinski definition) is 5. The minimum Gasteiger partial charge on any atom is -0.474 e. The number of carbonyl (C=O) groups excluding carboxylic acids is 1. The number of nitrogens with one attached hydrogen (secondary N) is 1. The Labute approximate surface area is 212 Å². The fraction of sp³-hybridized carbons (Fsp3) is 0.200. The minimum absolute atomic E-state index is 0.00546. The summed E-state index contributed by atoms with van der Waals surface area (Å²) in [5.74, 6) is 0.351. The number of sulfonamides is 1. The molecule has 1 heterocycles. The molecule has 0 saturated carbocycles. The van der Waals surface area contributed by atoms with Crippen molar-refractivity contribution in [2.24, 2.45) is 4.99 Å². The van der Waals surface area contributed by atoms with Crippen molar-refractivity contribution in [2.45, 2.75) is 17.4 Å². The molecule has 0 radical (unpaired) electrons. The number of benzene rings is 3. The average Bonchev–Trinajstić information content (AvgIpc) is 3.29. The molecule has 1 N–H and O–H groups in total. The van der Waals surface area contributed by atoms with Crippen LogP contribution < -0.4 is 4.72 Å². The van der Waals surface area contributed by atoms with Crippen molar-refractivity contribution in [3.05, 3.63) is 100 Å². The van der Waals surface area contributed by atoms with E-state index in [0.29, 0.717) is 22.0 Å². The van der Waals surface area contributed by atoms with Gasteiger partial charge in [0.1, 0.15) is 12.1 Å². The normalized spacial score (nSPS) is 17.8. The van der Waals surface area contributed by atoms with Crippen molar-refractivity contribution in [1.29, 1.82) is 0 Å². The Morgan fingerprint density at radius 3 is 2.32 bits per heavy atom. The van der Waals surface area contributed by atoms with Crippen LogP contribution in [-0.2, 0) is 20.3 Å². The van der Waals surface area contributed by atoms with E-state index in [-0.39, 0.29) is 29.2 Å². The van der Waals surface area contributed by atoms with Crippen molar-refractivity contribution in [1.82, 2.24) is 4.72 Å². The van der Waals surface area contributed by atoms with Crippen LogP contribution in [0.15, 0.2) is 82.7 Å². The van der Waals surface area contributed by atoms with Crippen molar-refractivity contribution >= 4 is 49.2 Å². The molecule has 0 spiro atoms. The van der Waals surface area contributed by atoms with Gasteiger partial charge in [-0.15, -0.1) is 0 Å². The van der Waals surface area contributed by atoms with Crippen molar-refractivity contribution in [2.75, 3.05) is 18.5 Å². The molecule has 0 saturated heterocycles. The third-order valence-corrected chi connectivity index (χ3v) is 7.78. The molecule has 0 fully saturated rings. The van der Waals surface area contributed by atoms with Gasteiger partial charge in [0.15, 0.2) is 5.78 Å². The lowest BCUT2D eigenvalue weighted by Crippen LogP contribution is -2.40. The highest BCUT2D eigenvalue weighted by Gasteiger charge is 2.40. The smallest absolute Gasteiger partial charge is 0.240 e. The molecule has 6 nitrogen and oxygen atoms in total. The van der Waals surface area contributed by atoms with Crippen LogP contribution in [-0.4, -0.2) is 38.6 Å². The van der Waals surface area contributed by atoms with Crippen LogP contribution in [0.2, 0.25) is 5.02 Å². The van der Waals surface area contributed by atoms with Gasteiger partial charge in [0, 0.05) is 22.7 Å². The van der Waals surface area contributed by atoms with Gasteiger partial charge in [-0.1, -0.05) is 69.5 Å². The lowest BCUT2D eigenvalue weighted by Gasteiger charge is -2.25. The Hall–Kier alpha value is -2.52. The van der Waals surface area contributed by atoms with Crippen LogP contribution in [0.5, 0.6) is 0 Å². The van der Waals surface area contributed by atoms with Crippen LogP contribution >= 0.6 is 27.5 Å². The highest BCUT2D eigenvalue weighted by Crippen LogP contribution is 2.33. The highest BCUT2D eigenvalue weighted by atomic mass is 79.9. The molecule has 4 rings (SSSR count). The topological polar surface area (TPSA) is 84.8 Å². The van der Waals surface area contributed by atoms with Crippen LogP contribution in [0, 0.1) is 6.92 Å². The second-order valence-electron chi connectivity index (χ2n) is 8.02. The summed E-state index contributed by atoms with van der Waals surface area (Å²) in [5.41, 5.74) is 2.03. The van der Waals surface area contributed by atoms with Crippen LogP contribution in [0.3, 0.4) is 0 Å². The first kappa shape index (κ1) is 24.6. The zero-order valence-electron chi connectivity index (χ0n) is 18.3. The Morgan fingerprint density at radius 2 is 1.71 bits per heavy atom. The van der Waals surface area contributed by atoms with Crippen molar-refractivity contribution in [3.8, 4) is 0 Å². The number of hydrogen-bond donors (Lipinski definition) is 1. The number of ketones is 1. The first-order valence-corrected chi connectivity index (χ1v) is 13.5. The summed E-state index contributed by atoms with van der Waals surface area (Å²) < 4.78 is 34.5. The quantitative estimate of drug-likeness (QED) is 0.314. The van der Waals surface area contributed by atoms with Gasteiger partial charge in [0.25, 0.3) is 0 Å². The molecule has 0 amide bonds. The maximum absolute atomic E-state index is 13.0. The van der Waals surface area contributed by atoms with Gasteiger partial charge in [-0.3, -0.25) is 4.79 Å². The van der Waals surface area contributed by atoms with Gasteiger partial charge in [0.05, 0.1) is 10.2 Å². The number of rotatable bonds is 8. The van der Waals surface area contributed by atoms with Gasteiger partial charge in [0.2, 0.25) is 15.9 Å². The second-order valence-corrected chi connectivity index (χ2v) is 10.8. The predicted octanol–water partition coefficient (Wildman–Crippen LogP) is 4.88. The largest absolute Gasteiger partial charge is 0.474 e. The van der Waals surface area contributed by atoms with E-state index < -0.39 is 15.6 Å². The Morgan fingerprint density at radius 1 is 1.06 bits per heavy atom. The van der Waals surface area contributed by atoms with E-state index in [1.54, 1.807) is 60.7 Å².